The minimum Gasteiger partial charge on any atom is -0.350 e. The number of hydrogen-bond donors (Lipinski definition) is 2. The number of amides is 2. The summed E-state index contributed by atoms with van der Waals surface area (Å²) in [4.78, 5) is 10.2. The maximum absolute atomic E-state index is 10.2. The summed E-state index contributed by atoms with van der Waals surface area (Å²) in [6.07, 6.45) is 2.28. The van der Waals surface area contributed by atoms with E-state index in [2.05, 4.69) is 10.5 Å². The summed E-state index contributed by atoms with van der Waals surface area (Å²) >= 11 is 0. The van der Waals surface area contributed by atoms with Gasteiger partial charge in [0.2, 0.25) is 0 Å². The van der Waals surface area contributed by atoms with Gasteiger partial charge in [-0.3, -0.25) is 0 Å². The summed E-state index contributed by atoms with van der Waals surface area (Å²) in [6.45, 7) is 0. The average molecular weight is 177 g/mol. The number of benzene rings is 1. The molecule has 0 radical (unpaired) electrons. The zero-order chi connectivity index (χ0) is 9.52. The van der Waals surface area contributed by atoms with Crippen LogP contribution in [0.1, 0.15) is 5.56 Å². The van der Waals surface area contributed by atoms with Gasteiger partial charge in [-0.1, -0.05) is 30.3 Å². The Morgan fingerprint density at radius 1 is 1.46 bits per heavy atom. The molecule has 1 aromatic rings. The monoisotopic (exact) mass is 177 g/mol. The van der Waals surface area contributed by atoms with Crippen molar-refractivity contribution >= 4 is 12.2 Å². The molecule has 4 heteroatoms. The van der Waals surface area contributed by atoms with Crippen molar-refractivity contribution in [2.75, 3.05) is 0 Å². The van der Waals surface area contributed by atoms with Crippen LogP contribution in [0.4, 0.5) is 4.79 Å². The van der Waals surface area contributed by atoms with E-state index in [0.717, 1.165) is 5.56 Å². The molecular weight excluding hydrogens is 166 g/mol. The molecule has 0 fully saturated rings. The van der Waals surface area contributed by atoms with E-state index in [1.165, 1.54) is 0 Å². The maximum atomic E-state index is 10.2. The van der Waals surface area contributed by atoms with E-state index < -0.39 is 6.03 Å². The Morgan fingerprint density at radius 3 is 2.77 bits per heavy atom. The van der Waals surface area contributed by atoms with Gasteiger partial charge in [-0.15, -0.1) is 0 Å². The topological polar surface area (TPSA) is 67.5 Å². The minimum absolute atomic E-state index is 0.649. The molecule has 0 atom stereocenters. The number of carbonyl (C=O) groups is 1. The molecule has 4 nitrogen and oxygen atoms in total. The first kappa shape index (κ1) is 9.25. The molecule has 0 aromatic heterocycles. The number of urea groups is 1. The summed E-state index contributed by atoms with van der Waals surface area (Å²) in [6, 6.07) is 9.16. The highest BCUT2D eigenvalue weighted by molar-refractivity contribution is 5.73. The quantitative estimate of drug-likeness (QED) is 0.522. The average Bonchev–Trinajstić information content (AvgIpc) is 2.14. The number of hydrogen-bond acceptors (Lipinski definition) is 2. The van der Waals surface area contributed by atoms with Crippen LogP contribution < -0.4 is 11.2 Å². The molecule has 0 saturated heterocycles. The van der Waals surface area contributed by atoms with Gasteiger partial charge in [0.1, 0.15) is 0 Å². The number of carbonyl (C=O) groups excluding carboxylic acids is 1. The van der Waals surface area contributed by atoms with E-state index in [0.29, 0.717) is 6.42 Å². The standard InChI is InChI=1S/C9H11N3O/c10-9(13)12-11-7-6-8-4-2-1-3-5-8/h1-5,7H,6H2,(H3,10,12,13)/b11-7-. The van der Waals surface area contributed by atoms with Crippen LogP contribution in [0.3, 0.4) is 0 Å². The van der Waals surface area contributed by atoms with Gasteiger partial charge in [0.15, 0.2) is 0 Å². The molecule has 0 aliphatic carbocycles. The van der Waals surface area contributed by atoms with Crippen molar-refractivity contribution in [3.05, 3.63) is 35.9 Å². The highest BCUT2D eigenvalue weighted by atomic mass is 16.2. The molecule has 3 N–H and O–H groups in total. The van der Waals surface area contributed by atoms with Gasteiger partial charge in [-0.05, 0) is 5.56 Å². The van der Waals surface area contributed by atoms with Gasteiger partial charge >= 0.3 is 6.03 Å². The van der Waals surface area contributed by atoms with Gasteiger partial charge in [0.25, 0.3) is 0 Å². The Balaban J connectivity index is 2.35. The number of primary amides is 1. The van der Waals surface area contributed by atoms with Crippen LogP contribution in [0.2, 0.25) is 0 Å². The largest absolute Gasteiger partial charge is 0.350 e. The molecule has 0 aliphatic heterocycles. The number of hydrazone groups is 1. The second-order valence-corrected chi connectivity index (χ2v) is 2.48. The first-order chi connectivity index (χ1) is 6.29. The summed E-state index contributed by atoms with van der Waals surface area (Å²) < 4.78 is 0. The Kier molecular flexibility index (Phi) is 3.50. The smallest absolute Gasteiger partial charge is 0.332 e. The van der Waals surface area contributed by atoms with Crippen LogP contribution >= 0.6 is 0 Å². The van der Waals surface area contributed by atoms with Crippen molar-refractivity contribution < 1.29 is 4.79 Å². The molecule has 0 heterocycles. The molecule has 0 bridgehead atoms. The van der Waals surface area contributed by atoms with E-state index in [-0.39, 0.29) is 0 Å². The lowest BCUT2D eigenvalue weighted by molar-refractivity contribution is 0.249. The summed E-state index contributed by atoms with van der Waals surface area (Å²) in [7, 11) is 0. The van der Waals surface area contributed by atoms with Crippen LogP contribution in [0.25, 0.3) is 0 Å². The molecule has 0 unspecified atom stereocenters. The van der Waals surface area contributed by atoms with Crippen LogP contribution in [0.15, 0.2) is 35.4 Å². The summed E-state index contributed by atoms with van der Waals surface area (Å²) in [5.74, 6) is 0. The SMILES string of the molecule is NC(=O)N/N=C\Cc1ccccc1. The van der Waals surface area contributed by atoms with Crippen LogP contribution in [-0.4, -0.2) is 12.2 Å². The molecule has 68 valence electrons. The van der Waals surface area contributed by atoms with E-state index in [1.54, 1.807) is 6.21 Å². The zero-order valence-corrected chi connectivity index (χ0v) is 7.10. The predicted molar refractivity (Wildman–Crippen MR) is 51.4 cm³/mol. The maximum Gasteiger partial charge on any atom is 0.332 e. The zero-order valence-electron chi connectivity index (χ0n) is 7.10. The lowest BCUT2D eigenvalue weighted by Gasteiger charge is -1.93. The lowest BCUT2D eigenvalue weighted by Crippen LogP contribution is -2.24. The first-order valence-electron chi connectivity index (χ1n) is 3.90. The number of nitrogens with one attached hydrogen (secondary N) is 1. The van der Waals surface area contributed by atoms with Crippen LogP contribution in [0, 0.1) is 0 Å². The normalized spacial score (nSPS) is 10.2. The van der Waals surface area contributed by atoms with Crippen LogP contribution in [0.5, 0.6) is 0 Å². The predicted octanol–water partition coefficient (Wildman–Crippen LogP) is 0.883. The Morgan fingerprint density at radius 2 is 2.15 bits per heavy atom. The summed E-state index contributed by atoms with van der Waals surface area (Å²) in [5.41, 5.74) is 8.07. The molecule has 2 amide bonds. The molecule has 0 spiro atoms. The molecule has 1 aromatic carbocycles. The molecular formula is C9H11N3O. The second-order valence-electron chi connectivity index (χ2n) is 2.48. The van der Waals surface area contributed by atoms with Gasteiger partial charge in [-0.25, -0.2) is 10.2 Å². The molecule has 13 heavy (non-hydrogen) atoms. The van der Waals surface area contributed by atoms with Crippen molar-refractivity contribution in [3.63, 3.8) is 0 Å². The van der Waals surface area contributed by atoms with Crippen molar-refractivity contribution in [1.82, 2.24) is 5.43 Å². The highest BCUT2D eigenvalue weighted by Gasteiger charge is 1.87. The third-order valence-electron chi connectivity index (χ3n) is 1.44. The van der Waals surface area contributed by atoms with Gasteiger partial charge < -0.3 is 5.73 Å². The van der Waals surface area contributed by atoms with E-state index in [9.17, 15) is 4.79 Å². The number of nitrogens with two attached hydrogens (primary N) is 1. The number of rotatable bonds is 3. The van der Waals surface area contributed by atoms with E-state index in [1.807, 2.05) is 30.3 Å². The molecule has 0 aliphatic rings. The Bertz CT molecular complexity index is 295. The van der Waals surface area contributed by atoms with Crippen molar-refractivity contribution in [2.45, 2.75) is 6.42 Å². The fraction of sp³-hybridized carbons (Fsp3) is 0.111. The molecule has 0 saturated carbocycles. The van der Waals surface area contributed by atoms with Crippen molar-refractivity contribution in [3.8, 4) is 0 Å². The fourth-order valence-corrected chi connectivity index (χ4v) is 0.874. The first-order valence-corrected chi connectivity index (χ1v) is 3.90. The van der Waals surface area contributed by atoms with Crippen molar-refractivity contribution in [1.29, 1.82) is 0 Å². The minimum atomic E-state index is -0.649. The second kappa shape index (κ2) is 4.92. The van der Waals surface area contributed by atoms with E-state index >= 15 is 0 Å². The van der Waals surface area contributed by atoms with Gasteiger partial charge in [0, 0.05) is 12.6 Å². The highest BCUT2D eigenvalue weighted by Crippen LogP contribution is 1.96. The lowest BCUT2D eigenvalue weighted by atomic mass is 10.2. The third kappa shape index (κ3) is 3.91. The van der Waals surface area contributed by atoms with E-state index in [4.69, 9.17) is 5.73 Å². The third-order valence-corrected chi connectivity index (χ3v) is 1.44. The van der Waals surface area contributed by atoms with Crippen molar-refractivity contribution in [2.24, 2.45) is 10.8 Å². The van der Waals surface area contributed by atoms with Crippen LogP contribution in [-0.2, 0) is 6.42 Å². The Labute approximate surface area is 76.4 Å². The Hall–Kier alpha value is -1.84. The number of nitrogens with zero attached hydrogens (tertiary/aromatic N) is 1. The van der Waals surface area contributed by atoms with Gasteiger partial charge in [-0.2, -0.15) is 5.10 Å². The van der Waals surface area contributed by atoms with Gasteiger partial charge in [0.05, 0.1) is 0 Å². The summed E-state index contributed by atoms with van der Waals surface area (Å²) in [5, 5.41) is 3.62. The fourth-order valence-electron chi connectivity index (χ4n) is 0.874. The molecule has 1 rings (SSSR count).